The highest BCUT2D eigenvalue weighted by Gasteiger charge is 2.29. The average Bonchev–Trinajstić information content (AvgIpc) is 3.38. The van der Waals surface area contributed by atoms with Crippen LogP contribution in [0.2, 0.25) is 0 Å². The summed E-state index contributed by atoms with van der Waals surface area (Å²) in [6.45, 7) is 1.75. The van der Waals surface area contributed by atoms with E-state index in [0.717, 1.165) is 43.4 Å². The summed E-state index contributed by atoms with van der Waals surface area (Å²) in [5.41, 5.74) is 0. The molecule has 0 bridgehead atoms. The summed E-state index contributed by atoms with van der Waals surface area (Å²) in [7, 11) is 3.60. The Bertz CT molecular complexity index is 521. The molecule has 1 amide bonds. The molecule has 0 radical (unpaired) electrons. The van der Waals surface area contributed by atoms with Gasteiger partial charge in [0.1, 0.15) is 17.5 Å². The fraction of sp³-hybridized carbons (Fsp3) is 0.667. The number of nitrogens with one attached hydrogen (secondary N) is 2. The maximum absolute atomic E-state index is 11.7. The molecule has 2 aliphatic rings. The Hall–Kier alpha value is -1.85. The number of carbonyl (C=O) groups is 1. The van der Waals surface area contributed by atoms with Gasteiger partial charge < -0.3 is 15.5 Å². The largest absolute Gasteiger partial charge is 0.373 e. The Labute approximate surface area is 125 Å². The van der Waals surface area contributed by atoms with Crippen molar-refractivity contribution in [3.8, 4) is 0 Å². The van der Waals surface area contributed by atoms with E-state index in [-0.39, 0.29) is 11.8 Å². The number of carbonyl (C=O) groups excluding carboxylic acids is 1. The Morgan fingerprint density at radius 2 is 1.90 bits per heavy atom. The molecule has 1 saturated carbocycles. The van der Waals surface area contributed by atoms with Gasteiger partial charge >= 0.3 is 0 Å². The summed E-state index contributed by atoms with van der Waals surface area (Å²) in [5.74, 6) is 3.68. The molecule has 1 aliphatic heterocycles. The number of hydrogen-bond acceptors (Lipinski definition) is 5. The van der Waals surface area contributed by atoms with E-state index in [1.54, 1.807) is 7.05 Å². The van der Waals surface area contributed by atoms with Gasteiger partial charge in [0.25, 0.3) is 0 Å². The van der Waals surface area contributed by atoms with Crippen LogP contribution < -0.4 is 15.5 Å². The van der Waals surface area contributed by atoms with Crippen LogP contribution in [0.1, 0.15) is 37.4 Å². The first kappa shape index (κ1) is 14.1. The van der Waals surface area contributed by atoms with Crippen LogP contribution in [0.5, 0.6) is 0 Å². The number of rotatable bonds is 4. The number of nitrogens with zero attached hydrogens (tertiary/aromatic N) is 3. The lowest BCUT2D eigenvalue weighted by Gasteiger charge is -2.32. The predicted octanol–water partition coefficient (Wildman–Crippen LogP) is 1.36. The van der Waals surface area contributed by atoms with Gasteiger partial charge in [0, 0.05) is 45.1 Å². The van der Waals surface area contributed by atoms with E-state index in [1.807, 2.05) is 13.1 Å². The van der Waals surface area contributed by atoms with Crippen LogP contribution >= 0.6 is 0 Å². The Morgan fingerprint density at radius 1 is 1.19 bits per heavy atom. The first-order valence-electron chi connectivity index (χ1n) is 7.74. The smallest absolute Gasteiger partial charge is 0.222 e. The van der Waals surface area contributed by atoms with Crippen LogP contribution in [0, 0.1) is 5.92 Å². The molecule has 0 atom stereocenters. The number of hydrogen-bond donors (Lipinski definition) is 2. The lowest BCUT2D eigenvalue weighted by Crippen LogP contribution is -2.40. The molecule has 21 heavy (non-hydrogen) atoms. The van der Waals surface area contributed by atoms with Crippen molar-refractivity contribution in [2.24, 2.45) is 5.92 Å². The molecule has 2 heterocycles. The van der Waals surface area contributed by atoms with E-state index < -0.39 is 0 Å². The van der Waals surface area contributed by atoms with Gasteiger partial charge in [-0.2, -0.15) is 0 Å². The molecule has 6 heteroatoms. The second kappa shape index (κ2) is 5.87. The van der Waals surface area contributed by atoms with Crippen molar-refractivity contribution in [1.82, 2.24) is 15.3 Å². The standard InChI is InChI=1S/C15H23N5O/c1-16-12-9-13(19-14(18-12)10-3-4-10)20-7-5-11(6-8-20)15(21)17-2/h9-11H,3-8H2,1-2H3,(H,17,21)(H,16,18,19). The van der Waals surface area contributed by atoms with E-state index in [1.165, 1.54) is 12.8 Å². The fourth-order valence-electron chi connectivity index (χ4n) is 2.84. The van der Waals surface area contributed by atoms with Crippen molar-refractivity contribution in [2.75, 3.05) is 37.4 Å². The number of amides is 1. The summed E-state index contributed by atoms with van der Waals surface area (Å²) in [5, 5.41) is 5.87. The van der Waals surface area contributed by atoms with Crippen LogP contribution in [0.25, 0.3) is 0 Å². The van der Waals surface area contributed by atoms with Gasteiger partial charge in [-0.1, -0.05) is 0 Å². The van der Waals surface area contributed by atoms with Crippen LogP contribution in [0.15, 0.2) is 6.07 Å². The fourth-order valence-corrected chi connectivity index (χ4v) is 2.84. The van der Waals surface area contributed by atoms with E-state index >= 15 is 0 Å². The van der Waals surface area contributed by atoms with Gasteiger partial charge in [-0.25, -0.2) is 9.97 Å². The highest BCUT2D eigenvalue weighted by Crippen LogP contribution is 2.39. The molecule has 2 fully saturated rings. The minimum absolute atomic E-state index is 0.139. The highest BCUT2D eigenvalue weighted by atomic mass is 16.1. The third-order valence-corrected chi connectivity index (χ3v) is 4.36. The first-order chi connectivity index (χ1) is 10.2. The van der Waals surface area contributed by atoms with Gasteiger partial charge in [0.05, 0.1) is 0 Å². The zero-order chi connectivity index (χ0) is 14.8. The topological polar surface area (TPSA) is 70.2 Å². The van der Waals surface area contributed by atoms with E-state index in [2.05, 4.69) is 20.5 Å². The third-order valence-electron chi connectivity index (χ3n) is 4.36. The molecule has 0 spiro atoms. The zero-order valence-corrected chi connectivity index (χ0v) is 12.7. The molecule has 1 aromatic rings. The summed E-state index contributed by atoms with van der Waals surface area (Å²) in [6.07, 6.45) is 4.17. The monoisotopic (exact) mass is 289 g/mol. The predicted molar refractivity (Wildman–Crippen MR) is 82.6 cm³/mol. The van der Waals surface area contributed by atoms with Crippen molar-refractivity contribution in [3.63, 3.8) is 0 Å². The number of piperidine rings is 1. The van der Waals surface area contributed by atoms with Crippen LogP contribution in [-0.4, -0.2) is 43.1 Å². The van der Waals surface area contributed by atoms with Gasteiger partial charge in [0.2, 0.25) is 5.91 Å². The molecule has 0 aromatic carbocycles. The zero-order valence-electron chi connectivity index (χ0n) is 12.7. The Balaban J connectivity index is 1.72. The molecule has 2 N–H and O–H groups in total. The molecule has 114 valence electrons. The average molecular weight is 289 g/mol. The summed E-state index contributed by atoms with van der Waals surface area (Å²) >= 11 is 0. The first-order valence-corrected chi connectivity index (χ1v) is 7.74. The minimum Gasteiger partial charge on any atom is -0.373 e. The quantitative estimate of drug-likeness (QED) is 0.876. The lowest BCUT2D eigenvalue weighted by molar-refractivity contribution is -0.125. The molecule has 0 unspecified atom stereocenters. The maximum atomic E-state index is 11.7. The van der Waals surface area contributed by atoms with Crippen LogP contribution in [0.3, 0.4) is 0 Å². The molecule has 3 rings (SSSR count). The van der Waals surface area contributed by atoms with Crippen molar-refractivity contribution >= 4 is 17.5 Å². The number of anilines is 2. The number of aromatic nitrogens is 2. The van der Waals surface area contributed by atoms with Crippen molar-refractivity contribution < 1.29 is 4.79 Å². The molecular formula is C15H23N5O. The van der Waals surface area contributed by atoms with Crippen LogP contribution in [0.4, 0.5) is 11.6 Å². The second-order valence-electron chi connectivity index (χ2n) is 5.87. The van der Waals surface area contributed by atoms with Crippen molar-refractivity contribution in [1.29, 1.82) is 0 Å². The summed E-state index contributed by atoms with van der Waals surface area (Å²) in [4.78, 5) is 23.3. The maximum Gasteiger partial charge on any atom is 0.222 e. The summed E-state index contributed by atoms with van der Waals surface area (Å²) in [6, 6.07) is 2.01. The van der Waals surface area contributed by atoms with Crippen molar-refractivity contribution in [2.45, 2.75) is 31.6 Å². The van der Waals surface area contributed by atoms with Gasteiger partial charge in [-0.05, 0) is 25.7 Å². The van der Waals surface area contributed by atoms with E-state index in [4.69, 9.17) is 4.98 Å². The summed E-state index contributed by atoms with van der Waals surface area (Å²) < 4.78 is 0. The van der Waals surface area contributed by atoms with Gasteiger partial charge in [-0.15, -0.1) is 0 Å². The molecule has 6 nitrogen and oxygen atoms in total. The van der Waals surface area contributed by atoms with E-state index in [0.29, 0.717) is 5.92 Å². The van der Waals surface area contributed by atoms with Crippen molar-refractivity contribution in [3.05, 3.63) is 11.9 Å². The highest BCUT2D eigenvalue weighted by molar-refractivity contribution is 5.78. The second-order valence-corrected chi connectivity index (χ2v) is 5.87. The normalized spacial score (nSPS) is 19.4. The van der Waals surface area contributed by atoms with Gasteiger partial charge in [0.15, 0.2) is 0 Å². The molecule has 1 aliphatic carbocycles. The lowest BCUT2D eigenvalue weighted by atomic mass is 9.96. The Morgan fingerprint density at radius 3 is 2.48 bits per heavy atom. The van der Waals surface area contributed by atoms with E-state index in [9.17, 15) is 4.79 Å². The van der Waals surface area contributed by atoms with Crippen LogP contribution in [-0.2, 0) is 4.79 Å². The SMILES string of the molecule is CNC(=O)C1CCN(c2cc(NC)nc(C3CC3)n2)CC1. The molecular weight excluding hydrogens is 266 g/mol. The Kier molecular flexibility index (Phi) is 3.94. The van der Waals surface area contributed by atoms with Gasteiger partial charge in [-0.3, -0.25) is 4.79 Å². The molecule has 1 saturated heterocycles. The molecule has 1 aromatic heterocycles. The third kappa shape index (κ3) is 3.09. The minimum atomic E-state index is 0.139.